The van der Waals surface area contributed by atoms with Crippen LogP contribution in [0.15, 0.2) is 0 Å². The number of nitrogens with one attached hydrogen (secondary N) is 1. The topological polar surface area (TPSA) is 27.7 Å². The molecule has 0 aromatic heterocycles. The van der Waals surface area contributed by atoms with Crippen LogP contribution in [0.25, 0.3) is 0 Å². The standard InChI is InChI=1S/C17H35N3O/c1-4-18-14-17(8-11-21-12-9-17)15-19(3)13-16-7-6-10-20(16)5-2/h16,18H,4-15H2,1-3H3. The van der Waals surface area contributed by atoms with Gasteiger partial charge in [0.05, 0.1) is 0 Å². The number of rotatable bonds is 8. The minimum absolute atomic E-state index is 0.415. The van der Waals surface area contributed by atoms with Gasteiger partial charge in [-0.1, -0.05) is 13.8 Å². The van der Waals surface area contributed by atoms with Crippen LogP contribution in [0, 0.1) is 5.41 Å². The summed E-state index contributed by atoms with van der Waals surface area (Å²) in [7, 11) is 2.31. The first-order chi connectivity index (χ1) is 10.2. The SMILES string of the molecule is CCNCC1(CN(C)CC2CCCN2CC)CCOCC1. The minimum atomic E-state index is 0.415. The van der Waals surface area contributed by atoms with E-state index in [1.165, 1.54) is 51.9 Å². The Kier molecular flexibility index (Phi) is 6.93. The van der Waals surface area contributed by atoms with Crippen LogP contribution in [0.4, 0.5) is 0 Å². The minimum Gasteiger partial charge on any atom is -0.381 e. The van der Waals surface area contributed by atoms with Gasteiger partial charge in [-0.05, 0) is 57.8 Å². The lowest BCUT2D eigenvalue weighted by Gasteiger charge is -2.41. The molecular weight excluding hydrogens is 262 g/mol. The summed E-state index contributed by atoms with van der Waals surface area (Å²) in [6, 6.07) is 0.774. The van der Waals surface area contributed by atoms with E-state index in [9.17, 15) is 0 Å². The highest BCUT2D eigenvalue weighted by molar-refractivity contribution is 4.88. The molecular formula is C17H35N3O. The molecule has 0 saturated carbocycles. The zero-order valence-electron chi connectivity index (χ0n) is 14.4. The third-order valence-corrected chi connectivity index (χ3v) is 5.34. The van der Waals surface area contributed by atoms with Crippen LogP contribution < -0.4 is 5.32 Å². The van der Waals surface area contributed by atoms with Crippen molar-refractivity contribution in [2.75, 3.05) is 59.5 Å². The Labute approximate surface area is 131 Å². The van der Waals surface area contributed by atoms with Gasteiger partial charge in [0, 0.05) is 38.9 Å². The molecule has 1 atom stereocenters. The second-order valence-corrected chi connectivity index (χ2v) is 7.01. The molecule has 0 radical (unpaired) electrons. The quantitative estimate of drug-likeness (QED) is 0.739. The van der Waals surface area contributed by atoms with E-state index in [0.717, 1.165) is 32.3 Å². The fraction of sp³-hybridized carbons (Fsp3) is 1.00. The van der Waals surface area contributed by atoms with E-state index in [1.54, 1.807) is 0 Å². The largest absolute Gasteiger partial charge is 0.381 e. The Bertz CT molecular complexity index is 292. The fourth-order valence-electron chi connectivity index (χ4n) is 4.10. The van der Waals surface area contributed by atoms with Crippen molar-refractivity contribution in [3.8, 4) is 0 Å². The highest BCUT2D eigenvalue weighted by atomic mass is 16.5. The molecule has 0 aromatic rings. The summed E-state index contributed by atoms with van der Waals surface area (Å²) >= 11 is 0. The Morgan fingerprint density at radius 1 is 1.29 bits per heavy atom. The zero-order chi connectivity index (χ0) is 15.1. The monoisotopic (exact) mass is 297 g/mol. The van der Waals surface area contributed by atoms with Gasteiger partial charge in [0.15, 0.2) is 0 Å². The van der Waals surface area contributed by atoms with Crippen LogP contribution in [-0.4, -0.2) is 75.4 Å². The molecule has 21 heavy (non-hydrogen) atoms. The fourth-order valence-corrected chi connectivity index (χ4v) is 4.10. The number of nitrogens with zero attached hydrogens (tertiary/aromatic N) is 2. The first kappa shape index (κ1) is 17.2. The Morgan fingerprint density at radius 2 is 2.05 bits per heavy atom. The van der Waals surface area contributed by atoms with Crippen molar-refractivity contribution in [1.82, 2.24) is 15.1 Å². The van der Waals surface area contributed by atoms with Gasteiger partial charge in [0.2, 0.25) is 0 Å². The van der Waals surface area contributed by atoms with E-state index < -0.39 is 0 Å². The number of likely N-dealkylation sites (tertiary alicyclic amines) is 1. The van der Waals surface area contributed by atoms with E-state index in [1.807, 2.05) is 0 Å². The van der Waals surface area contributed by atoms with E-state index in [4.69, 9.17) is 4.74 Å². The number of hydrogen-bond acceptors (Lipinski definition) is 4. The van der Waals surface area contributed by atoms with Crippen molar-refractivity contribution in [2.24, 2.45) is 5.41 Å². The van der Waals surface area contributed by atoms with Crippen LogP contribution in [-0.2, 0) is 4.74 Å². The summed E-state index contributed by atoms with van der Waals surface area (Å²) in [5, 5.41) is 3.59. The van der Waals surface area contributed by atoms with Crippen LogP contribution in [0.5, 0.6) is 0 Å². The van der Waals surface area contributed by atoms with Gasteiger partial charge in [-0.25, -0.2) is 0 Å². The molecule has 0 aliphatic carbocycles. The molecule has 1 N–H and O–H groups in total. The van der Waals surface area contributed by atoms with Gasteiger partial charge < -0.3 is 15.0 Å². The first-order valence-corrected chi connectivity index (χ1v) is 8.90. The molecule has 4 nitrogen and oxygen atoms in total. The van der Waals surface area contributed by atoms with Crippen molar-refractivity contribution in [1.29, 1.82) is 0 Å². The predicted octanol–water partition coefficient (Wildman–Crippen LogP) is 1.81. The molecule has 0 aromatic carbocycles. The number of hydrogen-bond donors (Lipinski definition) is 1. The summed E-state index contributed by atoms with van der Waals surface area (Å²) in [4.78, 5) is 5.23. The summed E-state index contributed by atoms with van der Waals surface area (Å²) < 4.78 is 5.60. The summed E-state index contributed by atoms with van der Waals surface area (Å²) in [5.41, 5.74) is 0.415. The van der Waals surface area contributed by atoms with Gasteiger partial charge >= 0.3 is 0 Å². The van der Waals surface area contributed by atoms with Crippen molar-refractivity contribution >= 4 is 0 Å². The van der Waals surface area contributed by atoms with Gasteiger partial charge in [0.25, 0.3) is 0 Å². The van der Waals surface area contributed by atoms with Crippen LogP contribution >= 0.6 is 0 Å². The van der Waals surface area contributed by atoms with Gasteiger partial charge in [-0.2, -0.15) is 0 Å². The van der Waals surface area contributed by atoms with Gasteiger partial charge in [-0.15, -0.1) is 0 Å². The number of likely N-dealkylation sites (N-methyl/N-ethyl adjacent to an activating group) is 2. The molecule has 2 heterocycles. The maximum absolute atomic E-state index is 5.60. The predicted molar refractivity (Wildman–Crippen MR) is 88.8 cm³/mol. The third-order valence-electron chi connectivity index (χ3n) is 5.34. The molecule has 2 rings (SSSR count). The third kappa shape index (κ3) is 4.92. The Hall–Kier alpha value is -0.160. The maximum Gasteiger partial charge on any atom is 0.0472 e. The van der Waals surface area contributed by atoms with E-state index in [0.29, 0.717) is 5.41 Å². The lowest BCUT2D eigenvalue weighted by atomic mass is 9.79. The van der Waals surface area contributed by atoms with Crippen LogP contribution in [0.3, 0.4) is 0 Å². The van der Waals surface area contributed by atoms with Crippen LogP contribution in [0.2, 0.25) is 0 Å². The van der Waals surface area contributed by atoms with Crippen molar-refractivity contribution in [3.63, 3.8) is 0 Å². The van der Waals surface area contributed by atoms with Crippen LogP contribution in [0.1, 0.15) is 39.5 Å². The molecule has 0 amide bonds. The number of ether oxygens (including phenoxy) is 1. The molecule has 2 aliphatic heterocycles. The molecule has 4 heteroatoms. The van der Waals surface area contributed by atoms with Gasteiger partial charge in [0.1, 0.15) is 0 Å². The van der Waals surface area contributed by atoms with Crippen molar-refractivity contribution in [2.45, 2.75) is 45.6 Å². The van der Waals surface area contributed by atoms with Crippen molar-refractivity contribution < 1.29 is 4.74 Å². The summed E-state index contributed by atoms with van der Waals surface area (Å²) in [6.45, 7) is 13.5. The lowest BCUT2D eigenvalue weighted by molar-refractivity contribution is -0.00291. The molecule has 1 unspecified atom stereocenters. The van der Waals surface area contributed by atoms with Gasteiger partial charge in [-0.3, -0.25) is 4.90 Å². The normalized spacial score (nSPS) is 26.6. The summed E-state index contributed by atoms with van der Waals surface area (Å²) in [6.07, 6.45) is 5.16. The Balaban J connectivity index is 1.86. The highest BCUT2D eigenvalue weighted by Gasteiger charge is 2.34. The van der Waals surface area contributed by atoms with E-state index in [-0.39, 0.29) is 0 Å². The van der Waals surface area contributed by atoms with Crippen molar-refractivity contribution in [3.05, 3.63) is 0 Å². The smallest absolute Gasteiger partial charge is 0.0472 e. The average Bonchev–Trinajstić information content (AvgIpc) is 2.93. The Morgan fingerprint density at radius 3 is 2.71 bits per heavy atom. The molecule has 0 bridgehead atoms. The maximum atomic E-state index is 5.60. The molecule has 2 fully saturated rings. The lowest BCUT2D eigenvalue weighted by Crippen LogP contribution is -2.49. The molecule has 124 valence electrons. The first-order valence-electron chi connectivity index (χ1n) is 8.90. The average molecular weight is 297 g/mol. The van der Waals surface area contributed by atoms with E-state index >= 15 is 0 Å². The molecule has 2 saturated heterocycles. The second kappa shape index (κ2) is 8.47. The highest BCUT2D eigenvalue weighted by Crippen LogP contribution is 2.31. The van der Waals surface area contributed by atoms with E-state index in [2.05, 4.69) is 36.0 Å². The summed E-state index contributed by atoms with van der Waals surface area (Å²) in [5.74, 6) is 0. The second-order valence-electron chi connectivity index (χ2n) is 7.01. The zero-order valence-corrected chi connectivity index (χ0v) is 14.4. The molecule has 2 aliphatic rings. The molecule has 0 spiro atoms.